The third kappa shape index (κ3) is 10.9. The molecule has 1 aromatic rings. The molecular formula is C26H40N4O7. The van der Waals surface area contributed by atoms with Gasteiger partial charge < -0.3 is 30.7 Å². The lowest BCUT2D eigenvalue weighted by Gasteiger charge is -2.43. The normalized spacial score (nSPS) is 13.1. The van der Waals surface area contributed by atoms with Crippen LogP contribution in [0, 0.1) is 0 Å². The van der Waals surface area contributed by atoms with Crippen molar-refractivity contribution < 1.29 is 33.4 Å². The number of rotatable bonds is 11. The van der Waals surface area contributed by atoms with Crippen molar-refractivity contribution >= 4 is 29.8 Å². The zero-order valence-electron chi connectivity index (χ0n) is 22.8. The van der Waals surface area contributed by atoms with Gasteiger partial charge in [0, 0.05) is 12.1 Å². The first-order chi connectivity index (χ1) is 17.1. The van der Waals surface area contributed by atoms with Crippen LogP contribution in [0.2, 0.25) is 0 Å². The largest absolute Gasteiger partial charge is 0.466 e. The molecule has 4 N–H and O–H groups in total. The van der Waals surface area contributed by atoms with E-state index in [4.69, 9.17) is 15.2 Å². The number of primary amides is 1. The van der Waals surface area contributed by atoms with E-state index in [1.807, 2.05) is 0 Å². The molecule has 0 saturated heterocycles. The molecule has 0 spiro atoms. The number of nitrogens with one attached hydrogen (secondary N) is 2. The monoisotopic (exact) mass is 520 g/mol. The number of amides is 4. The number of ether oxygens (including phenoxy) is 2. The first-order valence-corrected chi connectivity index (χ1v) is 12.2. The van der Waals surface area contributed by atoms with E-state index < -0.39 is 59.4 Å². The Kier molecular flexibility index (Phi) is 11.6. The molecule has 0 bridgehead atoms. The van der Waals surface area contributed by atoms with Gasteiger partial charge in [-0.25, -0.2) is 4.79 Å². The lowest BCUT2D eigenvalue weighted by Crippen LogP contribution is -2.59. The SMILES string of the molecule is CCOC(=O)CCNC(=O)C(c1ccccc1)N(C(=O)C(CC(N)=O)NC(=O)OC(C)(C)C)C(C)(C)C. The van der Waals surface area contributed by atoms with Crippen LogP contribution in [0.5, 0.6) is 0 Å². The van der Waals surface area contributed by atoms with Gasteiger partial charge in [0.1, 0.15) is 17.7 Å². The van der Waals surface area contributed by atoms with Crippen molar-refractivity contribution in [2.75, 3.05) is 13.2 Å². The molecule has 1 aromatic carbocycles. The number of esters is 1. The molecule has 4 amide bonds. The zero-order chi connectivity index (χ0) is 28.4. The maximum atomic E-state index is 13.9. The molecule has 11 heteroatoms. The Morgan fingerprint density at radius 3 is 2.08 bits per heavy atom. The average Bonchev–Trinajstić information content (AvgIpc) is 2.74. The van der Waals surface area contributed by atoms with Crippen molar-refractivity contribution in [2.45, 2.75) is 84.5 Å². The highest BCUT2D eigenvalue weighted by atomic mass is 16.6. The Labute approximate surface area is 218 Å². The molecule has 206 valence electrons. The number of hydrogen-bond donors (Lipinski definition) is 3. The number of alkyl carbamates (subject to hydrolysis) is 1. The second-order valence-electron chi connectivity index (χ2n) is 10.4. The van der Waals surface area contributed by atoms with Gasteiger partial charge in [0.05, 0.1) is 19.4 Å². The predicted octanol–water partition coefficient (Wildman–Crippen LogP) is 2.19. The number of carbonyl (C=O) groups excluding carboxylic acids is 5. The molecule has 0 aromatic heterocycles. The van der Waals surface area contributed by atoms with E-state index in [0.717, 1.165) is 0 Å². The number of carbonyl (C=O) groups is 5. The predicted molar refractivity (Wildman–Crippen MR) is 137 cm³/mol. The summed E-state index contributed by atoms with van der Waals surface area (Å²) in [5.74, 6) is -2.54. The molecule has 0 heterocycles. The Hall–Kier alpha value is -3.63. The van der Waals surface area contributed by atoms with Crippen LogP contribution in [0.25, 0.3) is 0 Å². The number of nitrogens with two attached hydrogens (primary N) is 1. The summed E-state index contributed by atoms with van der Waals surface area (Å²) in [6, 6.07) is 6.05. The van der Waals surface area contributed by atoms with Gasteiger partial charge >= 0.3 is 12.1 Å². The van der Waals surface area contributed by atoms with E-state index in [1.165, 1.54) is 4.90 Å². The maximum absolute atomic E-state index is 13.9. The Morgan fingerprint density at radius 1 is 1.00 bits per heavy atom. The number of nitrogens with zero attached hydrogens (tertiary/aromatic N) is 1. The summed E-state index contributed by atoms with van der Waals surface area (Å²) in [7, 11) is 0. The molecule has 0 saturated carbocycles. The zero-order valence-corrected chi connectivity index (χ0v) is 22.8. The third-order valence-corrected chi connectivity index (χ3v) is 4.91. The summed E-state index contributed by atoms with van der Waals surface area (Å²) in [4.78, 5) is 64.7. The van der Waals surface area contributed by atoms with E-state index in [2.05, 4.69) is 10.6 Å². The smallest absolute Gasteiger partial charge is 0.408 e. The van der Waals surface area contributed by atoms with Gasteiger partial charge in [-0.3, -0.25) is 19.2 Å². The molecule has 0 radical (unpaired) electrons. The van der Waals surface area contributed by atoms with Crippen molar-refractivity contribution in [1.82, 2.24) is 15.5 Å². The van der Waals surface area contributed by atoms with Gasteiger partial charge in [-0.2, -0.15) is 0 Å². The fourth-order valence-corrected chi connectivity index (χ4v) is 3.53. The van der Waals surface area contributed by atoms with Crippen molar-refractivity contribution in [1.29, 1.82) is 0 Å². The minimum absolute atomic E-state index is 0.00591. The summed E-state index contributed by atoms with van der Waals surface area (Å²) in [5.41, 5.74) is 4.09. The van der Waals surface area contributed by atoms with Crippen molar-refractivity contribution in [3.8, 4) is 0 Å². The number of benzene rings is 1. The van der Waals surface area contributed by atoms with Gasteiger partial charge in [-0.15, -0.1) is 0 Å². The molecule has 0 aliphatic heterocycles. The molecule has 2 atom stereocenters. The highest BCUT2D eigenvalue weighted by molar-refractivity contribution is 5.95. The van der Waals surface area contributed by atoms with Crippen LogP contribution in [-0.4, -0.2) is 65.0 Å². The molecule has 0 aliphatic carbocycles. The third-order valence-electron chi connectivity index (χ3n) is 4.91. The summed E-state index contributed by atoms with van der Waals surface area (Å²) in [5, 5.41) is 5.12. The summed E-state index contributed by atoms with van der Waals surface area (Å²) in [6.07, 6.45) is -1.46. The van der Waals surface area contributed by atoms with E-state index in [-0.39, 0.29) is 19.6 Å². The minimum atomic E-state index is -1.38. The molecule has 37 heavy (non-hydrogen) atoms. The highest BCUT2D eigenvalue weighted by Gasteiger charge is 2.42. The number of hydrogen-bond acceptors (Lipinski definition) is 7. The van der Waals surface area contributed by atoms with E-state index in [9.17, 15) is 24.0 Å². The molecular weight excluding hydrogens is 480 g/mol. The topological polar surface area (TPSA) is 157 Å². The van der Waals surface area contributed by atoms with Crippen LogP contribution in [0.4, 0.5) is 4.79 Å². The molecule has 11 nitrogen and oxygen atoms in total. The van der Waals surface area contributed by atoms with Crippen molar-refractivity contribution in [3.63, 3.8) is 0 Å². The van der Waals surface area contributed by atoms with Crippen LogP contribution in [-0.2, 0) is 28.7 Å². The van der Waals surface area contributed by atoms with Gasteiger partial charge in [-0.1, -0.05) is 30.3 Å². The average molecular weight is 521 g/mol. The van der Waals surface area contributed by atoms with Gasteiger partial charge in [-0.05, 0) is 54.0 Å². The van der Waals surface area contributed by atoms with Crippen LogP contribution in [0.1, 0.15) is 72.9 Å². The quantitative estimate of drug-likeness (QED) is 0.377. The van der Waals surface area contributed by atoms with Crippen LogP contribution < -0.4 is 16.4 Å². The first-order valence-electron chi connectivity index (χ1n) is 12.2. The van der Waals surface area contributed by atoms with Gasteiger partial charge in [0.25, 0.3) is 0 Å². The van der Waals surface area contributed by atoms with E-state index >= 15 is 0 Å². The Bertz CT molecular complexity index is 952. The Morgan fingerprint density at radius 2 is 1.59 bits per heavy atom. The highest BCUT2D eigenvalue weighted by Crippen LogP contribution is 2.30. The molecule has 1 rings (SSSR count). The maximum Gasteiger partial charge on any atom is 0.408 e. The van der Waals surface area contributed by atoms with Crippen LogP contribution >= 0.6 is 0 Å². The van der Waals surface area contributed by atoms with Crippen LogP contribution in [0.15, 0.2) is 30.3 Å². The Balaban J connectivity index is 3.41. The van der Waals surface area contributed by atoms with Crippen LogP contribution in [0.3, 0.4) is 0 Å². The van der Waals surface area contributed by atoms with E-state index in [1.54, 1.807) is 78.8 Å². The standard InChI is InChI=1S/C26H40N4O7/c1-8-36-20(32)14-15-28-22(33)21(17-12-10-9-11-13-17)30(25(2,3)4)23(34)18(16-19(27)31)29-24(35)37-26(5,6)7/h9-13,18,21H,8,14-16H2,1-7H3,(H2,27,31)(H,28,33)(H,29,35). The lowest BCUT2D eigenvalue weighted by atomic mass is 9.95. The van der Waals surface area contributed by atoms with Crippen molar-refractivity contribution in [3.05, 3.63) is 35.9 Å². The van der Waals surface area contributed by atoms with Crippen molar-refractivity contribution in [2.24, 2.45) is 5.73 Å². The van der Waals surface area contributed by atoms with Gasteiger partial charge in [0.15, 0.2) is 0 Å². The second kappa shape index (κ2) is 13.6. The summed E-state index contributed by atoms with van der Waals surface area (Å²) < 4.78 is 10.2. The molecule has 0 aliphatic rings. The first kappa shape index (κ1) is 31.4. The summed E-state index contributed by atoms with van der Waals surface area (Å²) >= 11 is 0. The molecule has 0 fully saturated rings. The fraction of sp³-hybridized carbons (Fsp3) is 0.577. The lowest BCUT2D eigenvalue weighted by molar-refractivity contribution is -0.149. The fourth-order valence-electron chi connectivity index (χ4n) is 3.53. The molecule has 2 unspecified atom stereocenters. The minimum Gasteiger partial charge on any atom is -0.466 e. The van der Waals surface area contributed by atoms with Gasteiger partial charge in [0.2, 0.25) is 17.7 Å². The summed E-state index contributed by atoms with van der Waals surface area (Å²) in [6.45, 7) is 12.0. The van der Waals surface area contributed by atoms with E-state index in [0.29, 0.717) is 5.56 Å². The second-order valence-corrected chi connectivity index (χ2v) is 10.4.